The lowest BCUT2D eigenvalue weighted by Crippen LogP contribution is -2.27. The summed E-state index contributed by atoms with van der Waals surface area (Å²) in [7, 11) is 0. The highest BCUT2D eigenvalue weighted by Crippen LogP contribution is 2.33. The lowest BCUT2D eigenvalue weighted by Gasteiger charge is -2.23. The van der Waals surface area contributed by atoms with Crippen LogP contribution in [0.4, 0.5) is 5.69 Å². The van der Waals surface area contributed by atoms with Gasteiger partial charge in [-0.2, -0.15) is 5.26 Å². The number of amides is 1. The number of carbonyl (C=O) groups is 2. The molecule has 1 amide bonds. The molecule has 0 N–H and O–H groups in total. The van der Waals surface area contributed by atoms with E-state index in [1.54, 1.807) is 29.2 Å². The van der Waals surface area contributed by atoms with E-state index in [4.69, 9.17) is 10.00 Å². The van der Waals surface area contributed by atoms with Crippen molar-refractivity contribution < 1.29 is 14.3 Å². The van der Waals surface area contributed by atoms with Gasteiger partial charge in [-0.3, -0.25) is 9.59 Å². The molecule has 1 aliphatic rings. The summed E-state index contributed by atoms with van der Waals surface area (Å²) in [6.07, 6.45) is 1.15. The Labute approximate surface area is 165 Å². The Balaban J connectivity index is 1.65. The van der Waals surface area contributed by atoms with E-state index < -0.39 is 5.92 Å². The van der Waals surface area contributed by atoms with Gasteiger partial charge in [-0.05, 0) is 41.7 Å². The van der Waals surface area contributed by atoms with Crippen LogP contribution in [0.5, 0.6) is 0 Å². The molecule has 5 nitrogen and oxygen atoms in total. The predicted octanol–water partition coefficient (Wildman–Crippen LogP) is 4.17. The molecule has 0 radical (unpaired) electrons. The molecule has 144 valence electrons. The summed E-state index contributed by atoms with van der Waals surface area (Å²) in [5, 5.41) is 8.83. The SMILES string of the molecule is CC[C@H](C)c1ccccc1N1C[C@H](C(=O)OCc2ccc(C#N)cc2)CC1=O. The van der Waals surface area contributed by atoms with Crippen molar-refractivity contribution in [1.29, 1.82) is 5.26 Å². The first-order valence-corrected chi connectivity index (χ1v) is 9.58. The molecule has 0 bridgehead atoms. The summed E-state index contributed by atoms with van der Waals surface area (Å²) >= 11 is 0. The Morgan fingerprint density at radius 2 is 1.96 bits per heavy atom. The van der Waals surface area contributed by atoms with Crippen molar-refractivity contribution in [2.24, 2.45) is 5.92 Å². The number of ether oxygens (including phenoxy) is 1. The molecule has 28 heavy (non-hydrogen) atoms. The molecule has 1 aliphatic heterocycles. The zero-order valence-corrected chi connectivity index (χ0v) is 16.2. The predicted molar refractivity (Wildman–Crippen MR) is 107 cm³/mol. The number of nitrogens with zero attached hydrogens (tertiary/aromatic N) is 2. The summed E-state index contributed by atoms with van der Waals surface area (Å²) in [4.78, 5) is 26.8. The molecule has 1 heterocycles. The number of anilines is 1. The van der Waals surface area contributed by atoms with E-state index in [9.17, 15) is 9.59 Å². The Morgan fingerprint density at radius 3 is 2.64 bits per heavy atom. The van der Waals surface area contributed by atoms with Crippen molar-refractivity contribution in [3.05, 3.63) is 65.2 Å². The number of nitriles is 1. The fraction of sp³-hybridized carbons (Fsp3) is 0.348. The van der Waals surface area contributed by atoms with Crippen molar-refractivity contribution in [2.45, 2.75) is 39.2 Å². The number of rotatable bonds is 6. The fourth-order valence-corrected chi connectivity index (χ4v) is 3.42. The van der Waals surface area contributed by atoms with Gasteiger partial charge in [0.1, 0.15) is 6.61 Å². The van der Waals surface area contributed by atoms with Gasteiger partial charge in [-0.15, -0.1) is 0 Å². The molecule has 1 saturated heterocycles. The van der Waals surface area contributed by atoms with Crippen LogP contribution >= 0.6 is 0 Å². The van der Waals surface area contributed by atoms with Crippen LogP contribution in [-0.4, -0.2) is 18.4 Å². The van der Waals surface area contributed by atoms with Gasteiger partial charge < -0.3 is 9.64 Å². The van der Waals surface area contributed by atoms with Gasteiger partial charge in [0.15, 0.2) is 0 Å². The third kappa shape index (κ3) is 4.23. The van der Waals surface area contributed by atoms with Gasteiger partial charge >= 0.3 is 5.97 Å². The summed E-state index contributed by atoms with van der Waals surface area (Å²) < 4.78 is 5.42. The molecule has 0 aromatic heterocycles. The Morgan fingerprint density at radius 1 is 1.25 bits per heavy atom. The maximum Gasteiger partial charge on any atom is 0.311 e. The van der Waals surface area contributed by atoms with Crippen LogP contribution in [0.2, 0.25) is 0 Å². The molecule has 1 fully saturated rings. The van der Waals surface area contributed by atoms with Gasteiger partial charge in [0.05, 0.1) is 17.6 Å². The molecule has 0 aliphatic carbocycles. The standard InChI is InChI=1S/C23H24N2O3/c1-3-16(2)20-6-4-5-7-21(20)25-14-19(12-22(25)26)23(27)28-15-18-10-8-17(13-24)9-11-18/h4-11,16,19H,3,12,14-15H2,1-2H3/t16-,19+/m0/s1. The van der Waals surface area contributed by atoms with E-state index >= 15 is 0 Å². The highest BCUT2D eigenvalue weighted by atomic mass is 16.5. The van der Waals surface area contributed by atoms with Crippen molar-refractivity contribution in [2.75, 3.05) is 11.4 Å². The van der Waals surface area contributed by atoms with Crippen LogP contribution in [0.3, 0.4) is 0 Å². The third-order valence-electron chi connectivity index (χ3n) is 5.29. The van der Waals surface area contributed by atoms with E-state index in [1.807, 2.05) is 24.3 Å². The lowest BCUT2D eigenvalue weighted by atomic mass is 9.96. The van der Waals surface area contributed by atoms with Gasteiger partial charge in [-0.1, -0.05) is 44.2 Å². The molecule has 0 spiro atoms. The highest BCUT2D eigenvalue weighted by Gasteiger charge is 2.37. The number of para-hydroxylation sites is 1. The Bertz CT molecular complexity index is 899. The second-order valence-corrected chi connectivity index (χ2v) is 7.19. The van der Waals surface area contributed by atoms with Crippen LogP contribution in [0.1, 0.15) is 49.3 Å². The first-order chi connectivity index (χ1) is 13.5. The molecular weight excluding hydrogens is 352 g/mol. The minimum absolute atomic E-state index is 0.0453. The average Bonchev–Trinajstić information content (AvgIpc) is 3.13. The fourth-order valence-electron chi connectivity index (χ4n) is 3.42. The molecule has 2 aromatic carbocycles. The topological polar surface area (TPSA) is 70.4 Å². The lowest BCUT2D eigenvalue weighted by molar-refractivity contribution is -0.149. The van der Waals surface area contributed by atoms with Crippen LogP contribution in [0.25, 0.3) is 0 Å². The van der Waals surface area contributed by atoms with Gasteiger partial charge in [0.2, 0.25) is 5.91 Å². The number of benzene rings is 2. The third-order valence-corrected chi connectivity index (χ3v) is 5.29. The Kier molecular flexibility index (Phi) is 6.10. The summed E-state index contributed by atoms with van der Waals surface area (Å²) in [5.74, 6) is -0.528. The largest absolute Gasteiger partial charge is 0.461 e. The van der Waals surface area contributed by atoms with Crippen LogP contribution in [-0.2, 0) is 20.9 Å². The quantitative estimate of drug-likeness (QED) is 0.710. The Hall–Kier alpha value is -3.13. The van der Waals surface area contributed by atoms with Crippen molar-refractivity contribution >= 4 is 17.6 Å². The molecule has 0 saturated carbocycles. The zero-order chi connectivity index (χ0) is 20.1. The van der Waals surface area contributed by atoms with Crippen LogP contribution in [0.15, 0.2) is 48.5 Å². The second kappa shape index (κ2) is 8.71. The first kappa shape index (κ1) is 19.6. The highest BCUT2D eigenvalue weighted by molar-refractivity contribution is 6.00. The second-order valence-electron chi connectivity index (χ2n) is 7.19. The van der Waals surface area contributed by atoms with Gasteiger partial charge in [0, 0.05) is 18.7 Å². The number of esters is 1. The molecule has 2 atom stereocenters. The average molecular weight is 376 g/mol. The van der Waals surface area contributed by atoms with Crippen molar-refractivity contribution in [1.82, 2.24) is 0 Å². The summed E-state index contributed by atoms with van der Waals surface area (Å²) in [6, 6.07) is 16.9. The zero-order valence-electron chi connectivity index (χ0n) is 16.2. The molecular formula is C23H24N2O3. The van der Waals surface area contributed by atoms with E-state index in [0.29, 0.717) is 18.0 Å². The molecule has 3 rings (SSSR count). The minimum atomic E-state index is -0.462. The van der Waals surface area contributed by atoms with E-state index in [2.05, 4.69) is 19.9 Å². The smallest absolute Gasteiger partial charge is 0.311 e. The molecule has 5 heteroatoms. The molecule has 2 aromatic rings. The maximum absolute atomic E-state index is 12.6. The van der Waals surface area contributed by atoms with E-state index in [1.165, 1.54) is 0 Å². The minimum Gasteiger partial charge on any atom is -0.461 e. The number of carbonyl (C=O) groups excluding carboxylic acids is 2. The maximum atomic E-state index is 12.6. The summed E-state index contributed by atoms with van der Waals surface area (Å²) in [6.45, 7) is 4.75. The number of hydrogen-bond acceptors (Lipinski definition) is 4. The number of hydrogen-bond donors (Lipinski definition) is 0. The van der Waals surface area contributed by atoms with E-state index in [-0.39, 0.29) is 24.9 Å². The molecule has 0 unspecified atom stereocenters. The monoisotopic (exact) mass is 376 g/mol. The van der Waals surface area contributed by atoms with Crippen molar-refractivity contribution in [3.63, 3.8) is 0 Å². The van der Waals surface area contributed by atoms with Crippen LogP contribution in [0, 0.1) is 17.2 Å². The van der Waals surface area contributed by atoms with Crippen LogP contribution < -0.4 is 4.90 Å². The first-order valence-electron chi connectivity index (χ1n) is 9.58. The van der Waals surface area contributed by atoms with Gasteiger partial charge in [-0.25, -0.2) is 0 Å². The van der Waals surface area contributed by atoms with Gasteiger partial charge in [0.25, 0.3) is 0 Å². The normalized spacial score (nSPS) is 17.2. The van der Waals surface area contributed by atoms with Crippen molar-refractivity contribution in [3.8, 4) is 6.07 Å². The summed E-state index contributed by atoms with van der Waals surface area (Å²) in [5.41, 5.74) is 3.40. The van der Waals surface area contributed by atoms with E-state index in [0.717, 1.165) is 23.2 Å².